The standard InChI is InChI=1S/C31H34F2N8O2/c32-17-11-31(8-1-9-41(31)12-17)15-42-30-36-23-10-21(20-6-7-22(33)27-25(20)38-29(34)43-27)24(16-2-3-16)37-26(23)28(39-30)40-13-18-4-5-19(14-40)35-18/h6-7,10,16-19,35H,1-5,8-9,11-15H2,(H2,34,38)/t17-,18?,19?,31?/m1/s1. The highest BCUT2D eigenvalue weighted by Gasteiger charge is 2.49. The van der Waals surface area contributed by atoms with Crippen LogP contribution in [0.25, 0.3) is 33.3 Å². The highest BCUT2D eigenvalue weighted by atomic mass is 19.1. The van der Waals surface area contributed by atoms with Crippen molar-refractivity contribution in [3.63, 3.8) is 0 Å². The van der Waals surface area contributed by atoms with Crippen molar-refractivity contribution in [1.82, 2.24) is 30.2 Å². The number of fused-ring (bicyclic) bond motifs is 5. The van der Waals surface area contributed by atoms with E-state index < -0.39 is 12.0 Å². The number of oxazole rings is 1. The zero-order chi connectivity index (χ0) is 28.9. The minimum Gasteiger partial charge on any atom is -0.461 e. The Hall–Kier alpha value is -3.64. The smallest absolute Gasteiger partial charge is 0.319 e. The normalized spacial score (nSPS) is 28.8. The Kier molecular flexibility index (Phi) is 5.66. The maximum Gasteiger partial charge on any atom is 0.319 e. The van der Waals surface area contributed by atoms with Crippen LogP contribution in [0.1, 0.15) is 56.6 Å². The molecule has 3 N–H and O–H groups in total. The number of anilines is 2. The molecule has 9 rings (SSSR count). The van der Waals surface area contributed by atoms with Gasteiger partial charge in [-0.15, -0.1) is 0 Å². The van der Waals surface area contributed by atoms with Gasteiger partial charge in [-0.1, -0.05) is 0 Å². The van der Waals surface area contributed by atoms with Crippen LogP contribution >= 0.6 is 0 Å². The summed E-state index contributed by atoms with van der Waals surface area (Å²) >= 11 is 0. The SMILES string of the molecule is Nc1nc2c(-c3cc4nc(OCC56CCCN5C[C@H](F)C6)nc(N5CC6CCC(C5)N6)c4nc3C3CC3)ccc(F)c2o1. The van der Waals surface area contributed by atoms with E-state index in [2.05, 4.69) is 20.1 Å². The predicted molar refractivity (Wildman–Crippen MR) is 157 cm³/mol. The molecule has 4 aromatic rings. The van der Waals surface area contributed by atoms with Gasteiger partial charge in [0, 0.05) is 55.2 Å². The lowest BCUT2D eigenvalue weighted by atomic mass is 9.95. The number of hydrogen-bond acceptors (Lipinski definition) is 10. The number of alkyl halides is 1. The molecule has 43 heavy (non-hydrogen) atoms. The Labute approximate surface area is 247 Å². The fourth-order valence-electron chi connectivity index (χ4n) is 8.03. The lowest BCUT2D eigenvalue weighted by Crippen LogP contribution is -2.51. The number of hydrogen-bond donors (Lipinski definition) is 2. The van der Waals surface area contributed by atoms with Crippen LogP contribution in [0.4, 0.5) is 20.6 Å². The number of nitrogens with zero attached hydrogens (tertiary/aromatic N) is 6. The van der Waals surface area contributed by atoms with Gasteiger partial charge in [-0.3, -0.25) is 4.90 Å². The first-order valence-electron chi connectivity index (χ1n) is 15.5. The summed E-state index contributed by atoms with van der Waals surface area (Å²) < 4.78 is 40.9. The fraction of sp³-hybridized carbons (Fsp3) is 0.548. The van der Waals surface area contributed by atoms with Gasteiger partial charge in [0.1, 0.15) is 23.8 Å². The lowest BCUT2D eigenvalue weighted by Gasteiger charge is -2.34. The van der Waals surface area contributed by atoms with Gasteiger partial charge in [0.2, 0.25) is 0 Å². The van der Waals surface area contributed by atoms with Gasteiger partial charge in [-0.05, 0) is 63.3 Å². The fourth-order valence-corrected chi connectivity index (χ4v) is 8.03. The van der Waals surface area contributed by atoms with E-state index in [1.807, 2.05) is 6.07 Å². The van der Waals surface area contributed by atoms with E-state index in [9.17, 15) is 8.78 Å². The molecule has 5 aliphatic rings. The molecule has 4 atom stereocenters. The highest BCUT2D eigenvalue weighted by molar-refractivity contribution is 5.97. The number of pyridine rings is 1. The zero-order valence-electron chi connectivity index (χ0n) is 23.9. The van der Waals surface area contributed by atoms with Crippen LogP contribution in [0.5, 0.6) is 6.01 Å². The molecular weight excluding hydrogens is 554 g/mol. The molecule has 12 heteroatoms. The highest BCUT2D eigenvalue weighted by Crippen LogP contribution is 2.47. The lowest BCUT2D eigenvalue weighted by molar-refractivity contribution is 0.107. The quantitative estimate of drug-likeness (QED) is 0.337. The number of nitrogens with one attached hydrogen (secondary N) is 1. The van der Waals surface area contributed by atoms with Crippen LogP contribution < -0.4 is 20.7 Å². The summed E-state index contributed by atoms with van der Waals surface area (Å²) in [4.78, 5) is 24.0. The van der Waals surface area contributed by atoms with Crippen LogP contribution in [-0.2, 0) is 0 Å². The molecular formula is C31H34F2N8O2. The van der Waals surface area contributed by atoms with Gasteiger partial charge in [0.25, 0.3) is 6.01 Å². The summed E-state index contributed by atoms with van der Waals surface area (Å²) in [6.07, 6.45) is 5.93. The van der Waals surface area contributed by atoms with Gasteiger partial charge in [-0.2, -0.15) is 15.0 Å². The first-order chi connectivity index (χ1) is 20.9. The third kappa shape index (κ3) is 4.24. The summed E-state index contributed by atoms with van der Waals surface area (Å²) in [5, 5.41) is 3.70. The number of ether oxygens (including phenoxy) is 1. The molecule has 1 aromatic carbocycles. The van der Waals surface area contributed by atoms with Gasteiger partial charge in [-0.25, -0.2) is 13.8 Å². The van der Waals surface area contributed by atoms with Crippen molar-refractivity contribution in [2.75, 3.05) is 43.4 Å². The largest absolute Gasteiger partial charge is 0.461 e. The maximum absolute atomic E-state index is 14.6. The Balaban J connectivity index is 1.18. The number of halogens is 2. The third-order valence-electron chi connectivity index (χ3n) is 10.2. The van der Waals surface area contributed by atoms with E-state index >= 15 is 0 Å². The molecule has 2 bridgehead atoms. The molecule has 5 fully saturated rings. The molecule has 0 radical (unpaired) electrons. The topological polar surface area (TPSA) is 118 Å². The molecule has 224 valence electrons. The summed E-state index contributed by atoms with van der Waals surface area (Å²) in [6.45, 7) is 3.38. The number of aromatic nitrogens is 4. The molecule has 3 aromatic heterocycles. The number of rotatable bonds is 6. The predicted octanol–water partition coefficient (Wildman–Crippen LogP) is 4.33. The Morgan fingerprint density at radius 3 is 2.67 bits per heavy atom. The van der Waals surface area contributed by atoms with E-state index in [1.165, 1.54) is 6.07 Å². The number of nitrogen functional groups attached to an aromatic ring is 1. The molecule has 0 amide bonds. The average molecular weight is 589 g/mol. The summed E-state index contributed by atoms with van der Waals surface area (Å²) in [6, 6.07) is 6.11. The van der Waals surface area contributed by atoms with Crippen molar-refractivity contribution in [2.45, 2.75) is 74.7 Å². The Bertz CT molecular complexity index is 1750. The van der Waals surface area contributed by atoms with Crippen molar-refractivity contribution in [2.24, 2.45) is 0 Å². The molecule has 7 heterocycles. The molecule has 10 nitrogen and oxygen atoms in total. The minimum atomic E-state index is -0.834. The van der Waals surface area contributed by atoms with Crippen molar-refractivity contribution in [3.05, 3.63) is 29.7 Å². The molecule has 4 aliphatic heterocycles. The van der Waals surface area contributed by atoms with E-state index in [4.69, 9.17) is 29.8 Å². The Morgan fingerprint density at radius 2 is 1.86 bits per heavy atom. The number of nitrogens with two attached hydrogens (primary N) is 1. The molecule has 1 aliphatic carbocycles. The van der Waals surface area contributed by atoms with Crippen LogP contribution in [0.3, 0.4) is 0 Å². The second-order valence-corrected chi connectivity index (χ2v) is 13.1. The van der Waals surface area contributed by atoms with E-state index in [-0.39, 0.29) is 29.1 Å². The summed E-state index contributed by atoms with van der Waals surface area (Å²) in [5.74, 6) is 0.550. The minimum absolute atomic E-state index is 0.0311. The van der Waals surface area contributed by atoms with E-state index in [0.717, 1.165) is 80.8 Å². The van der Waals surface area contributed by atoms with E-state index in [1.54, 1.807) is 6.07 Å². The second kappa shape index (κ2) is 9.43. The average Bonchev–Trinajstić information content (AvgIpc) is 3.36. The zero-order valence-corrected chi connectivity index (χ0v) is 23.9. The van der Waals surface area contributed by atoms with E-state index in [0.29, 0.717) is 48.3 Å². The van der Waals surface area contributed by atoms with Crippen LogP contribution in [0.2, 0.25) is 0 Å². The van der Waals surface area contributed by atoms with Crippen molar-refractivity contribution in [1.29, 1.82) is 0 Å². The molecule has 1 saturated carbocycles. The molecule has 3 unspecified atom stereocenters. The number of piperazine rings is 1. The van der Waals surface area contributed by atoms with Gasteiger partial charge >= 0.3 is 6.01 Å². The van der Waals surface area contributed by atoms with Gasteiger partial charge < -0.3 is 25.1 Å². The molecule has 0 spiro atoms. The summed E-state index contributed by atoms with van der Waals surface area (Å²) in [7, 11) is 0. The van der Waals surface area contributed by atoms with Crippen LogP contribution in [0.15, 0.2) is 22.6 Å². The van der Waals surface area contributed by atoms with Crippen molar-refractivity contribution in [3.8, 4) is 17.1 Å². The van der Waals surface area contributed by atoms with Gasteiger partial charge in [0.15, 0.2) is 17.2 Å². The second-order valence-electron chi connectivity index (χ2n) is 13.1. The maximum atomic E-state index is 14.6. The number of benzene rings is 1. The molecule has 4 saturated heterocycles. The van der Waals surface area contributed by atoms with Crippen LogP contribution in [0, 0.1) is 5.82 Å². The Morgan fingerprint density at radius 1 is 1.02 bits per heavy atom. The van der Waals surface area contributed by atoms with Crippen LogP contribution in [-0.4, -0.2) is 81.4 Å². The van der Waals surface area contributed by atoms with Crippen molar-refractivity contribution < 1.29 is 17.9 Å². The summed E-state index contributed by atoms with van der Waals surface area (Å²) in [5.41, 5.74) is 9.80. The first kappa shape index (κ1) is 25.8. The third-order valence-corrected chi connectivity index (χ3v) is 10.2. The monoisotopic (exact) mass is 588 g/mol. The van der Waals surface area contributed by atoms with Crippen molar-refractivity contribution >= 4 is 34.0 Å². The van der Waals surface area contributed by atoms with Gasteiger partial charge in [0.05, 0.1) is 16.7 Å². The first-order valence-corrected chi connectivity index (χ1v) is 15.5.